The van der Waals surface area contributed by atoms with E-state index in [0.29, 0.717) is 0 Å². The van der Waals surface area contributed by atoms with Gasteiger partial charge in [-0.05, 0) is 35.8 Å². The lowest BCUT2D eigenvalue weighted by atomic mass is 9.88. The predicted octanol–water partition coefficient (Wildman–Crippen LogP) is 4.18. The molecule has 1 heteroatoms. The van der Waals surface area contributed by atoms with Crippen molar-refractivity contribution in [1.29, 1.82) is 0 Å². The summed E-state index contributed by atoms with van der Waals surface area (Å²) >= 11 is 1.79. The summed E-state index contributed by atoms with van der Waals surface area (Å²) < 4.78 is 0. The zero-order valence-electron chi connectivity index (χ0n) is 9.00. The number of rotatable bonds is 5. The van der Waals surface area contributed by atoms with Crippen LogP contribution < -0.4 is 0 Å². The summed E-state index contributed by atoms with van der Waals surface area (Å²) in [6.07, 6.45) is 5.76. The molecule has 0 aromatic carbocycles. The molecule has 0 spiro atoms. The van der Waals surface area contributed by atoms with Crippen LogP contribution in [-0.4, -0.2) is 6.26 Å². The Bertz CT molecular complexity index is 127. The molecule has 0 rings (SSSR count). The zero-order chi connectivity index (χ0) is 9.56. The zero-order valence-corrected chi connectivity index (χ0v) is 9.82. The van der Waals surface area contributed by atoms with E-state index < -0.39 is 0 Å². The third kappa shape index (κ3) is 5.70. The number of allylic oxidation sites excluding steroid dienone is 1. The van der Waals surface area contributed by atoms with Crippen molar-refractivity contribution in [3.05, 3.63) is 11.5 Å². The summed E-state index contributed by atoms with van der Waals surface area (Å²) in [4.78, 5) is 0. The lowest BCUT2D eigenvalue weighted by molar-refractivity contribution is 0.370. The molecule has 0 bridgehead atoms. The van der Waals surface area contributed by atoms with Gasteiger partial charge in [-0.25, -0.2) is 0 Å². The van der Waals surface area contributed by atoms with Crippen molar-refractivity contribution in [2.75, 3.05) is 6.26 Å². The Labute approximate surface area is 81.8 Å². The molecule has 2 atom stereocenters. The fourth-order valence-corrected chi connectivity index (χ4v) is 1.76. The van der Waals surface area contributed by atoms with Gasteiger partial charge in [0, 0.05) is 0 Å². The first-order chi connectivity index (χ1) is 5.57. The smallest absolute Gasteiger partial charge is 0.0142 e. The van der Waals surface area contributed by atoms with Crippen LogP contribution in [0.1, 0.15) is 34.1 Å². The lowest BCUT2D eigenvalue weighted by Gasteiger charge is -2.18. The Morgan fingerprint density at radius 1 is 1.17 bits per heavy atom. The first-order valence-corrected chi connectivity index (χ1v) is 6.06. The third-order valence-corrected chi connectivity index (χ3v) is 2.69. The van der Waals surface area contributed by atoms with Crippen LogP contribution in [0, 0.1) is 17.8 Å². The van der Waals surface area contributed by atoms with Gasteiger partial charge in [0.25, 0.3) is 0 Å². The second kappa shape index (κ2) is 6.59. The van der Waals surface area contributed by atoms with E-state index in [1.54, 1.807) is 11.8 Å². The summed E-state index contributed by atoms with van der Waals surface area (Å²) in [7, 11) is 0. The maximum Gasteiger partial charge on any atom is -0.0142 e. The normalized spacial score (nSPS) is 17.2. The highest BCUT2D eigenvalue weighted by Gasteiger charge is 2.10. The van der Waals surface area contributed by atoms with Gasteiger partial charge in [-0.1, -0.05) is 33.8 Å². The SMILES string of the molecule is CS/C=C\C(C)C(C)CC(C)C. The molecular formula is C11H22S. The van der Waals surface area contributed by atoms with Gasteiger partial charge in [-0.3, -0.25) is 0 Å². The van der Waals surface area contributed by atoms with Crippen LogP contribution in [0.2, 0.25) is 0 Å². The van der Waals surface area contributed by atoms with Crippen molar-refractivity contribution in [1.82, 2.24) is 0 Å². The first kappa shape index (κ1) is 12.1. The Kier molecular flexibility index (Phi) is 6.64. The van der Waals surface area contributed by atoms with Gasteiger partial charge in [0.15, 0.2) is 0 Å². The van der Waals surface area contributed by atoms with E-state index in [4.69, 9.17) is 0 Å². The quantitative estimate of drug-likeness (QED) is 0.620. The standard InChI is InChI=1S/C11H22S/c1-9(2)8-11(4)10(3)6-7-12-5/h6-7,9-11H,8H2,1-5H3/b7-6-. The van der Waals surface area contributed by atoms with Crippen molar-refractivity contribution < 1.29 is 0 Å². The highest BCUT2D eigenvalue weighted by Crippen LogP contribution is 2.21. The minimum Gasteiger partial charge on any atom is -0.138 e. The first-order valence-electron chi connectivity index (χ1n) is 4.77. The van der Waals surface area contributed by atoms with Crippen LogP contribution >= 0.6 is 11.8 Å². The minimum atomic E-state index is 0.722. The maximum atomic E-state index is 2.34. The molecule has 0 aliphatic rings. The van der Waals surface area contributed by atoms with Crippen LogP contribution in [0.25, 0.3) is 0 Å². The molecule has 0 fully saturated rings. The summed E-state index contributed by atoms with van der Waals surface area (Å²) in [5.41, 5.74) is 0. The van der Waals surface area contributed by atoms with Gasteiger partial charge in [0.2, 0.25) is 0 Å². The van der Waals surface area contributed by atoms with E-state index in [0.717, 1.165) is 17.8 Å². The van der Waals surface area contributed by atoms with Gasteiger partial charge in [-0.2, -0.15) is 0 Å². The Hall–Kier alpha value is 0.0900. The molecule has 0 N–H and O–H groups in total. The van der Waals surface area contributed by atoms with Crippen molar-refractivity contribution in [2.24, 2.45) is 17.8 Å². The molecule has 0 nitrogen and oxygen atoms in total. The maximum absolute atomic E-state index is 2.34. The molecule has 0 saturated heterocycles. The monoisotopic (exact) mass is 186 g/mol. The van der Waals surface area contributed by atoms with Gasteiger partial charge in [0.1, 0.15) is 0 Å². The average Bonchev–Trinajstić information content (AvgIpc) is 1.98. The van der Waals surface area contributed by atoms with E-state index >= 15 is 0 Å². The van der Waals surface area contributed by atoms with Crippen LogP contribution in [0.5, 0.6) is 0 Å². The number of hydrogen-bond acceptors (Lipinski definition) is 1. The average molecular weight is 186 g/mol. The van der Waals surface area contributed by atoms with Crippen LogP contribution in [0.15, 0.2) is 11.5 Å². The largest absolute Gasteiger partial charge is 0.138 e. The summed E-state index contributed by atoms with van der Waals surface area (Å²) in [6, 6.07) is 0. The summed E-state index contributed by atoms with van der Waals surface area (Å²) in [5, 5.41) is 2.20. The van der Waals surface area contributed by atoms with Gasteiger partial charge in [0.05, 0.1) is 0 Å². The van der Waals surface area contributed by atoms with Crippen molar-refractivity contribution in [2.45, 2.75) is 34.1 Å². The van der Waals surface area contributed by atoms with E-state index in [1.165, 1.54) is 6.42 Å². The molecule has 12 heavy (non-hydrogen) atoms. The highest BCUT2D eigenvalue weighted by molar-refractivity contribution is 8.01. The van der Waals surface area contributed by atoms with Gasteiger partial charge in [-0.15, -0.1) is 11.8 Å². The Balaban J connectivity index is 3.75. The Morgan fingerprint density at radius 2 is 1.75 bits per heavy atom. The highest BCUT2D eigenvalue weighted by atomic mass is 32.2. The van der Waals surface area contributed by atoms with Gasteiger partial charge >= 0.3 is 0 Å². The Morgan fingerprint density at radius 3 is 2.17 bits per heavy atom. The molecule has 72 valence electrons. The van der Waals surface area contributed by atoms with Crippen LogP contribution in [0.4, 0.5) is 0 Å². The molecule has 0 radical (unpaired) electrons. The second-order valence-corrected chi connectivity index (χ2v) is 4.77. The lowest BCUT2D eigenvalue weighted by Crippen LogP contribution is -2.08. The van der Waals surface area contributed by atoms with E-state index in [9.17, 15) is 0 Å². The molecule has 2 unspecified atom stereocenters. The van der Waals surface area contributed by atoms with E-state index in [2.05, 4.69) is 45.4 Å². The summed E-state index contributed by atoms with van der Waals surface area (Å²) in [5.74, 6) is 2.36. The molecule has 0 aromatic rings. The third-order valence-electron chi connectivity index (χ3n) is 2.26. The van der Waals surface area contributed by atoms with E-state index in [1.807, 2.05) is 0 Å². The molecule has 0 aromatic heterocycles. The van der Waals surface area contributed by atoms with Crippen molar-refractivity contribution >= 4 is 11.8 Å². The molecule has 0 amide bonds. The van der Waals surface area contributed by atoms with Crippen LogP contribution in [-0.2, 0) is 0 Å². The fraction of sp³-hybridized carbons (Fsp3) is 0.818. The molecular weight excluding hydrogens is 164 g/mol. The summed E-state index contributed by atoms with van der Waals surface area (Å²) in [6.45, 7) is 9.23. The van der Waals surface area contributed by atoms with Gasteiger partial charge < -0.3 is 0 Å². The second-order valence-electron chi connectivity index (χ2n) is 4.03. The molecule has 0 aliphatic carbocycles. The van der Waals surface area contributed by atoms with Crippen molar-refractivity contribution in [3.63, 3.8) is 0 Å². The number of thioether (sulfide) groups is 1. The van der Waals surface area contributed by atoms with Crippen LogP contribution in [0.3, 0.4) is 0 Å². The molecule has 0 heterocycles. The van der Waals surface area contributed by atoms with E-state index in [-0.39, 0.29) is 0 Å². The fourth-order valence-electron chi connectivity index (χ4n) is 1.35. The minimum absolute atomic E-state index is 0.722. The predicted molar refractivity (Wildman–Crippen MR) is 60.4 cm³/mol. The molecule has 0 saturated carbocycles. The van der Waals surface area contributed by atoms with Crippen molar-refractivity contribution in [3.8, 4) is 0 Å². The molecule has 0 aliphatic heterocycles. The number of hydrogen-bond donors (Lipinski definition) is 0. The topological polar surface area (TPSA) is 0 Å².